The Bertz CT molecular complexity index is 913. The molecule has 5 heteroatoms. The lowest BCUT2D eigenvalue weighted by molar-refractivity contribution is 0.102. The number of fused-ring (bicyclic) bond motifs is 1. The van der Waals surface area contributed by atoms with Gasteiger partial charge in [0.2, 0.25) is 5.95 Å². The number of anilines is 1. The smallest absolute Gasteiger partial charge is 0.226 e. The van der Waals surface area contributed by atoms with Gasteiger partial charge in [-0.3, -0.25) is 4.79 Å². The Balaban J connectivity index is 1.88. The van der Waals surface area contributed by atoms with Gasteiger partial charge in [-0.25, -0.2) is 4.68 Å². The number of carbonyl (C=O) groups is 1. The van der Waals surface area contributed by atoms with Gasteiger partial charge in [-0.2, -0.15) is 10.1 Å². The molecular formula is C19H16N4O. The molecule has 1 atom stereocenters. The van der Waals surface area contributed by atoms with Crippen LogP contribution in [-0.4, -0.2) is 20.5 Å². The van der Waals surface area contributed by atoms with Gasteiger partial charge in [0.05, 0.1) is 0 Å². The molecule has 0 saturated carbocycles. The van der Waals surface area contributed by atoms with Crippen molar-refractivity contribution in [3.8, 4) is 0 Å². The Hall–Kier alpha value is -3.21. The monoisotopic (exact) mass is 316 g/mol. The van der Waals surface area contributed by atoms with E-state index in [9.17, 15) is 4.79 Å². The van der Waals surface area contributed by atoms with Gasteiger partial charge in [0.25, 0.3) is 0 Å². The third-order valence-electron chi connectivity index (χ3n) is 4.19. The number of ketones is 1. The van der Waals surface area contributed by atoms with Crippen LogP contribution in [0.5, 0.6) is 0 Å². The van der Waals surface area contributed by atoms with Crippen LogP contribution in [-0.2, 0) is 0 Å². The molecule has 0 fully saturated rings. The van der Waals surface area contributed by atoms with Crippen LogP contribution in [0, 0.1) is 0 Å². The molecule has 0 radical (unpaired) electrons. The van der Waals surface area contributed by atoms with Crippen LogP contribution in [0.25, 0.3) is 0 Å². The van der Waals surface area contributed by atoms with E-state index in [0.29, 0.717) is 17.1 Å². The second kappa shape index (κ2) is 5.77. The Morgan fingerprint density at radius 2 is 1.71 bits per heavy atom. The maximum Gasteiger partial charge on any atom is 0.226 e. The predicted octanol–water partition coefficient (Wildman–Crippen LogP) is 3.45. The molecule has 0 aliphatic carbocycles. The summed E-state index contributed by atoms with van der Waals surface area (Å²) in [6.45, 7) is 1.91. The number of Topliss-reactive ketones (excluding diaryl/α,β-unsaturated/α-hetero) is 1. The molecule has 0 bridgehead atoms. The second-order valence-electron chi connectivity index (χ2n) is 5.70. The summed E-state index contributed by atoms with van der Waals surface area (Å²) in [5, 5.41) is 7.52. The number of hydrogen-bond donors (Lipinski definition) is 1. The SMILES string of the molecule is CC1=C(C(=O)c2ccccc2)C(c2ccccc2)n2ncnc2N1. The molecule has 2 aromatic carbocycles. The topological polar surface area (TPSA) is 59.8 Å². The molecule has 0 amide bonds. The van der Waals surface area contributed by atoms with E-state index in [1.165, 1.54) is 6.33 Å². The number of nitrogens with one attached hydrogen (secondary N) is 1. The molecule has 5 nitrogen and oxygen atoms in total. The average molecular weight is 316 g/mol. The van der Waals surface area contributed by atoms with Crippen LogP contribution < -0.4 is 5.32 Å². The summed E-state index contributed by atoms with van der Waals surface area (Å²) in [5.74, 6) is 0.640. The summed E-state index contributed by atoms with van der Waals surface area (Å²) in [5.41, 5.74) is 3.16. The van der Waals surface area contributed by atoms with Gasteiger partial charge >= 0.3 is 0 Å². The first-order valence-electron chi connectivity index (χ1n) is 7.77. The van der Waals surface area contributed by atoms with Crippen LogP contribution in [0.3, 0.4) is 0 Å². The van der Waals surface area contributed by atoms with Crippen molar-refractivity contribution in [2.24, 2.45) is 0 Å². The highest BCUT2D eigenvalue weighted by atomic mass is 16.1. The number of carbonyl (C=O) groups excluding carboxylic acids is 1. The molecule has 4 rings (SSSR count). The normalized spacial score (nSPS) is 16.5. The van der Waals surface area contributed by atoms with Gasteiger partial charge in [-0.1, -0.05) is 60.7 Å². The van der Waals surface area contributed by atoms with Crippen molar-refractivity contribution in [2.75, 3.05) is 5.32 Å². The third kappa shape index (κ3) is 2.31. The van der Waals surface area contributed by atoms with Crippen molar-refractivity contribution in [2.45, 2.75) is 13.0 Å². The molecule has 24 heavy (non-hydrogen) atoms. The van der Waals surface area contributed by atoms with E-state index in [-0.39, 0.29) is 11.8 Å². The molecule has 118 valence electrons. The molecule has 0 saturated heterocycles. The highest BCUT2D eigenvalue weighted by Gasteiger charge is 2.33. The van der Waals surface area contributed by atoms with Gasteiger partial charge < -0.3 is 5.32 Å². The lowest BCUT2D eigenvalue weighted by Crippen LogP contribution is -2.28. The summed E-state index contributed by atoms with van der Waals surface area (Å²) in [7, 11) is 0. The largest absolute Gasteiger partial charge is 0.328 e. The maximum absolute atomic E-state index is 13.2. The van der Waals surface area contributed by atoms with Crippen LogP contribution >= 0.6 is 0 Å². The molecule has 1 aliphatic heterocycles. The Morgan fingerprint density at radius 3 is 2.42 bits per heavy atom. The fraction of sp³-hybridized carbons (Fsp3) is 0.105. The number of aromatic nitrogens is 3. The molecule has 1 aromatic heterocycles. The number of allylic oxidation sites excluding steroid dienone is 2. The van der Waals surface area contributed by atoms with Crippen molar-refractivity contribution >= 4 is 11.7 Å². The number of benzene rings is 2. The molecule has 0 spiro atoms. The first-order valence-corrected chi connectivity index (χ1v) is 7.77. The van der Waals surface area contributed by atoms with Gasteiger partial charge in [-0.15, -0.1) is 0 Å². The molecule has 3 aromatic rings. The zero-order valence-electron chi connectivity index (χ0n) is 13.2. The van der Waals surface area contributed by atoms with Crippen molar-refractivity contribution < 1.29 is 4.79 Å². The molecule has 2 heterocycles. The number of rotatable bonds is 3. The third-order valence-corrected chi connectivity index (χ3v) is 4.19. The van der Waals surface area contributed by atoms with E-state index in [1.54, 1.807) is 4.68 Å². The van der Waals surface area contributed by atoms with E-state index >= 15 is 0 Å². The Morgan fingerprint density at radius 1 is 1.04 bits per heavy atom. The van der Waals surface area contributed by atoms with E-state index in [0.717, 1.165) is 11.3 Å². The number of hydrogen-bond acceptors (Lipinski definition) is 4. The van der Waals surface area contributed by atoms with Crippen LogP contribution in [0.2, 0.25) is 0 Å². The van der Waals surface area contributed by atoms with E-state index in [4.69, 9.17) is 0 Å². The van der Waals surface area contributed by atoms with E-state index in [1.807, 2.05) is 67.6 Å². The summed E-state index contributed by atoms with van der Waals surface area (Å²) >= 11 is 0. The van der Waals surface area contributed by atoms with E-state index in [2.05, 4.69) is 15.4 Å². The van der Waals surface area contributed by atoms with Gasteiger partial charge in [-0.05, 0) is 12.5 Å². The first kappa shape index (κ1) is 14.4. The summed E-state index contributed by atoms with van der Waals surface area (Å²) in [6, 6.07) is 18.9. The quantitative estimate of drug-likeness (QED) is 0.752. The minimum atomic E-state index is -0.294. The number of nitrogens with zero attached hydrogens (tertiary/aromatic N) is 3. The van der Waals surface area contributed by atoms with Gasteiger partial charge in [0.15, 0.2) is 5.78 Å². The maximum atomic E-state index is 13.2. The Labute approximate surface area is 139 Å². The molecular weight excluding hydrogens is 300 g/mol. The fourth-order valence-corrected chi connectivity index (χ4v) is 3.07. The highest BCUT2D eigenvalue weighted by molar-refractivity contribution is 6.10. The lowest BCUT2D eigenvalue weighted by atomic mass is 9.90. The van der Waals surface area contributed by atoms with Crippen LogP contribution in [0.1, 0.15) is 28.9 Å². The lowest BCUT2D eigenvalue weighted by Gasteiger charge is -2.28. The first-order chi connectivity index (χ1) is 11.8. The zero-order chi connectivity index (χ0) is 16.5. The van der Waals surface area contributed by atoms with Crippen molar-refractivity contribution in [1.29, 1.82) is 0 Å². The van der Waals surface area contributed by atoms with E-state index < -0.39 is 0 Å². The standard InChI is InChI=1S/C19H16N4O/c1-13-16(18(24)15-10-6-3-7-11-15)17(14-8-4-2-5-9-14)23-19(22-13)20-12-21-23/h2-12,17H,1H3,(H,20,21,22). The highest BCUT2D eigenvalue weighted by Crippen LogP contribution is 2.36. The summed E-state index contributed by atoms with van der Waals surface area (Å²) < 4.78 is 1.76. The van der Waals surface area contributed by atoms with Crippen molar-refractivity contribution in [3.05, 3.63) is 89.4 Å². The molecule has 1 aliphatic rings. The fourth-order valence-electron chi connectivity index (χ4n) is 3.07. The van der Waals surface area contributed by atoms with Crippen LogP contribution in [0.4, 0.5) is 5.95 Å². The second-order valence-corrected chi connectivity index (χ2v) is 5.70. The minimum absolute atomic E-state index is 0.00407. The summed E-state index contributed by atoms with van der Waals surface area (Å²) in [6.07, 6.45) is 1.50. The van der Waals surface area contributed by atoms with Crippen LogP contribution in [0.15, 0.2) is 78.3 Å². The Kier molecular flexibility index (Phi) is 3.46. The van der Waals surface area contributed by atoms with Crippen molar-refractivity contribution in [1.82, 2.24) is 14.8 Å². The van der Waals surface area contributed by atoms with Crippen molar-refractivity contribution in [3.63, 3.8) is 0 Å². The predicted molar refractivity (Wildman–Crippen MR) is 91.7 cm³/mol. The molecule has 1 unspecified atom stereocenters. The van der Waals surface area contributed by atoms with Gasteiger partial charge in [0, 0.05) is 16.8 Å². The zero-order valence-corrected chi connectivity index (χ0v) is 13.2. The average Bonchev–Trinajstić information content (AvgIpc) is 3.09. The van der Waals surface area contributed by atoms with Gasteiger partial charge in [0.1, 0.15) is 12.4 Å². The summed E-state index contributed by atoms with van der Waals surface area (Å²) in [4.78, 5) is 17.4. The molecule has 1 N–H and O–H groups in total. The minimum Gasteiger partial charge on any atom is -0.328 e.